The van der Waals surface area contributed by atoms with Crippen LogP contribution in [0.5, 0.6) is 0 Å². The first kappa shape index (κ1) is 26.2. The van der Waals surface area contributed by atoms with Gasteiger partial charge in [-0.3, -0.25) is 4.79 Å². The number of aliphatic hydroxyl groups excluding tert-OH is 1. The Kier molecular flexibility index (Phi) is 11.0. The molecule has 27 heavy (non-hydrogen) atoms. The lowest BCUT2D eigenvalue weighted by atomic mass is 9.85. The fourth-order valence-electron chi connectivity index (χ4n) is 2.96. The minimum absolute atomic E-state index is 0.00747. The van der Waals surface area contributed by atoms with Crippen molar-refractivity contribution in [3.8, 4) is 0 Å². The molecule has 4 nitrogen and oxygen atoms in total. The predicted molar refractivity (Wildman–Crippen MR) is 116 cm³/mol. The summed E-state index contributed by atoms with van der Waals surface area (Å²) in [5.41, 5.74) is 0.968. The highest BCUT2D eigenvalue weighted by Gasteiger charge is 2.47. The van der Waals surface area contributed by atoms with Gasteiger partial charge in [0.15, 0.2) is 0 Å². The van der Waals surface area contributed by atoms with Gasteiger partial charge in [-0.05, 0) is 29.8 Å². The Morgan fingerprint density at radius 2 is 1.67 bits per heavy atom. The molecule has 0 aliphatic carbocycles. The Bertz CT molecular complexity index is 483. The van der Waals surface area contributed by atoms with Gasteiger partial charge in [0, 0.05) is 19.4 Å². The summed E-state index contributed by atoms with van der Waals surface area (Å²) in [6.07, 6.45) is 1.91. The molecule has 158 valence electrons. The van der Waals surface area contributed by atoms with Crippen LogP contribution in [0.3, 0.4) is 0 Å². The molecule has 2 atom stereocenters. The molecular weight excluding hydrogens is 356 g/mol. The number of ketones is 1. The summed E-state index contributed by atoms with van der Waals surface area (Å²) in [4.78, 5) is 12.6. The summed E-state index contributed by atoms with van der Waals surface area (Å²) in [5, 5.41) is 10.3. The first-order chi connectivity index (χ1) is 12.3. The van der Waals surface area contributed by atoms with Gasteiger partial charge in [0.2, 0.25) is 0 Å². The minimum atomic E-state index is -2.58. The van der Waals surface area contributed by atoms with Crippen LogP contribution in [0.4, 0.5) is 0 Å². The molecule has 1 N–H and O–H groups in total. The van der Waals surface area contributed by atoms with Crippen molar-refractivity contribution in [2.45, 2.75) is 97.9 Å². The predicted octanol–water partition coefficient (Wildman–Crippen LogP) is 5.56. The monoisotopic (exact) mass is 398 g/mol. The molecule has 0 rings (SSSR count). The van der Waals surface area contributed by atoms with Gasteiger partial charge < -0.3 is 14.0 Å². The van der Waals surface area contributed by atoms with Crippen LogP contribution in [-0.4, -0.2) is 38.3 Å². The van der Waals surface area contributed by atoms with Crippen molar-refractivity contribution < 1.29 is 18.8 Å². The van der Waals surface area contributed by atoms with Crippen LogP contribution in [0.25, 0.3) is 0 Å². The van der Waals surface area contributed by atoms with Crippen molar-refractivity contribution >= 4 is 14.3 Å². The lowest BCUT2D eigenvalue weighted by molar-refractivity contribution is -0.124. The number of carbonyl (C=O) groups excluding carboxylic acids is 1. The number of hydrogen-bond acceptors (Lipinski definition) is 4. The van der Waals surface area contributed by atoms with E-state index < -0.39 is 14.7 Å². The van der Waals surface area contributed by atoms with Gasteiger partial charge in [0.1, 0.15) is 5.78 Å². The molecule has 0 aliphatic rings. The zero-order chi connectivity index (χ0) is 21.4. The number of Topliss-reactive ketones (excluding diaryl/α,β-unsaturated/α-hetero) is 1. The summed E-state index contributed by atoms with van der Waals surface area (Å²) in [6, 6.07) is 0. The molecule has 0 aromatic carbocycles. The molecule has 0 aromatic heterocycles. The lowest BCUT2D eigenvalue weighted by Gasteiger charge is -2.40. The third-order valence-corrected chi connectivity index (χ3v) is 9.50. The van der Waals surface area contributed by atoms with Crippen molar-refractivity contribution in [3.05, 3.63) is 24.8 Å². The van der Waals surface area contributed by atoms with Crippen LogP contribution in [0, 0.1) is 5.41 Å². The average molecular weight is 399 g/mol. The van der Waals surface area contributed by atoms with E-state index in [0.29, 0.717) is 6.61 Å². The van der Waals surface area contributed by atoms with Crippen molar-refractivity contribution in [1.29, 1.82) is 0 Å². The molecule has 0 saturated carbocycles. The Morgan fingerprint density at radius 1 is 1.15 bits per heavy atom. The molecule has 0 amide bonds. The van der Waals surface area contributed by atoms with E-state index >= 15 is 0 Å². The van der Waals surface area contributed by atoms with E-state index in [1.165, 1.54) is 0 Å². The van der Waals surface area contributed by atoms with Gasteiger partial charge in [-0.15, -0.1) is 6.58 Å². The molecule has 0 unspecified atom stereocenters. The van der Waals surface area contributed by atoms with Gasteiger partial charge in [0.25, 0.3) is 0 Å². The molecule has 0 bridgehead atoms. The van der Waals surface area contributed by atoms with Crippen LogP contribution in [0.15, 0.2) is 24.8 Å². The molecule has 0 radical (unpaired) electrons. The molecular formula is C22H42O4Si. The van der Waals surface area contributed by atoms with E-state index in [9.17, 15) is 9.90 Å². The van der Waals surface area contributed by atoms with Crippen molar-refractivity contribution in [2.75, 3.05) is 6.61 Å². The van der Waals surface area contributed by atoms with Crippen molar-refractivity contribution in [3.63, 3.8) is 0 Å². The van der Waals surface area contributed by atoms with Gasteiger partial charge >= 0.3 is 8.56 Å². The Morgan fingerprint density at radius 3 is 2.04 bits per heavy atom. The molecule has 0 fully saturated rings. The first-order valence-electron chi connectivity index (χ1n) is 10.1. The second-order valence-electron chi connectivity index (χ2n) is 9.24. The van der Waals surface area contributed by atoms with Gasteiger partial charge in [-0.2, -0.15) is 0 Å². The zero-order valence-electron chi connectivity index (χ0n) is 18.8. The van der Waals surface area contributed by atoms with E-state index in [1.807, 2.05) is 33.8 Å². The SMILES string of the molecule is C=CCCO[Si](O[C@H](CC(=O)C[C@H](O)C(C)(C)C)C(=C)C)(C(C)C)C(C)C. The molecule has 0 spiro atoms. The maximum atomic E-state index is 12.6. The summed E-state index contributed by atoms with van der Waals surface area (Å²) in [6.45, 7) is 24.6. The second kappa shape index (κ2) is 11.3. The largest absolute Gasteiger partial charge is 0.394 e. The smallest absolute Gasteiger partial charge is 0.343 e. The number of rotatable bonds is 13. The summed E-state index contributed by atoms with van der Waals surface area (Å²) in [7, 11) is -2.58. The molecule has 0 aliphatic heterocycles. The topological polar surface area (TPSA) is 55.8 Å². The van der Waals surface area contributed by atoms with E-state index in [0.717, 1.165) is 12.0 Å². The fraction of sp³-hybridized carbons (Fsp3) is 0.773. The quantitative estimate of drug-likeness (QED) is 0.251. The molecule has 0 heterocycles. The third-order valence-electron chi connectivity index (χ3n) is 4.97. The highest BCUT2D eigenvalue weighted by atomic mass is 28.4. The maximum Gasteiger partial charge on any atom is 0.343 e. The highest BCUT2D eigenvalue weighted by Crippen LogP contribution is 2.37. The van der Waals surface area contributed by atoms with E-state index in [4.69, 9.17) is 8.85 Å². The Hall–Kier alpha value is -0.753. The molecule has 5 heteroatoms. The third kappa shape index (κ3) is 8.42. The highest BCUT2D eigenvalue weighted by molar-refractivity contribution is 6.70. The lowest BCUT2D eigenvalue weighted by Crippen LogP contribution is -2.51. The normalized spacial score (nSPS) is 15.1. The summed E-state index contributed by atoms with van der Waals surface area (Å²) >= 11 is 0. The van der Waals surface area contributed by atoms with Crippen molar-refractivity contribution in [2.24, 2.45) is 5.41 Å². The first-order valence-corrected chi connectivity index (χ1v) is 12.0. The number of hydrogen-bond donors (Lipinski definition) is 1. The Balaban J connectivity index is 5.37. The van der Waals surface area contributed by atoms with E-state index in [2.05, 4.69) is 40.9 Å². The van der Waals surface area contributed by atoms with Crippen LogP contribution >= 0.6 is 0 Å². The summed E-state index contributed by atoms with van der Waals surface area (Å²) < 4.78 is 12.9. The van der Waals surface area contributed by atoms with Crippen LogP contribution < -0.4 is 0 Å². The van der Waals surface area contributed by atoms with Crippen LogP contribution in [0.2, 0.25) is 11.1 Å². The number of aliphatic hydroxyl groups is 1. The average Bonchev–Trinajstić information content (AvgIpc) is 2.51. The molecule has 0 saturated heterocycles. The van der Waals surface area contributed by atoms with Crippen LogP contribution in [0.1, 0.15) is 74.7 Å². The van der Waals surface area contributed by atoms with Crippen LogP contribution in [-0.2, 0) is 13.6 Å². The van der Waals surface area contributed by atoms with Gasteiger partial charge in [-0.1, -0.05) is 66.7 Å². The standard InChI is InChI=1S/C22H42O4Si/c1-11-12-13-25-27(17(4)5,18(6)7)26-20(16(2)3)14-19(23)15-21(24)22(8,9)10/h11,17-18,20-21,24H,1-2,12-15H2,3-10H3/t20-,21+/m1/s1. The second-order valence-corrected chi connectivity index (χ2v) is 13.5. The fourth-order valence-corrected chi connectivity index (χ4v) is 6.74. The Labute approximate surface area is 168 Å². The maximum absolute atomic E-state index is 12.6. The van der Waals surface area contributed by atoms with Gasteiger partial charge in [-0.25, -0.2) is 0 Å². The zero-order valence-corrected chi connectivity index (χ0v) is 19.8. The van der Waals surface area contributed by atoms with E-state index in [1.54, 1.807) is 0 Å². The van der Waals surface area contributed by atoms with Crippen molar-refractivity contribution in [1.82, 2.24) is 0 Å². The summed E-state index contributed by atoms with van der Waals surface area (Å²) in [5.74, 6) is -0.00747. The van der Waals surface area contributed by atoms with E-state index in [-0.39, 0.29) is 41.2 Å². The minimum Gasteiger partial charge on any atom is -0.394 e. The van der Waals surface area contributed by atoms with Gasteiger partial charge in [0.05, 0.1) is 12.2 Å². The molecule has 0 aromatic rings. The number of carbonyl (C=O) groups is 1.